The molecule has 0 unspecified atom stereocenters. The summed E-state index contributed by atoms with van der Waals surface area (Å²) in [5.74, 6) is -0.426. The van der Waals surface area contributed by atoms with Gasteiger partial charge < -0.3 is 19.6 Å². The number of para-hydroxylation sites is 2. The molecule has 162 valence electrons. The summed E-state index contributed by atoms with van der Waals surface area (Å²) in [6.45, 7) is 3.68. The second-order valence-corrected chi connectivity index (χ2v) is 7.61. The molecule has 7 nitrogen and oxygen atoms in total. The van der Waals surface area contributed by atoms with E-state index in [4.69, 9.17) is 14.3 Å². The van der Waals surface area contributed by atoms with Gasteiger partial charge in [-0.3, -0.25) is 4.79 Å². The van der Waals surface area contributed by atoms with Crippen LogP contribution in [0.25, 0.3) is 22.6 Å². The Morgan fingerprint density at radius 1 is 1.06 bits per heavy atom. The monoisotopic (exact) mass is 430 g/mol. The lowest BCUT2D eigenvalue weighted by Crippen LogP contribution is -2.13. The number of rotatable bonds is 7. The van der Waals surface area contributed by atoms with Crippen molar-refractivity contribution in [1.29, 1.82) is 0 Å². The van der Waals surface area contributed by atoms with Gasteiger partial charge in [-0.05, 0) is 53.9 Å². The highest BCUT2D eigenvalue weighted by Crippen LogP contribution is 2.34. The summed E-state index contributed by atoms with van der Waals surface area (Å²) < 4.78 is 11.2. The maximum absolute atomic E-state index is 12.7. The highest BCUT2D eigenvalue weighted by Gasteiger charge is 2.17. The number of amides is 1. The van der Waals surface area contributed by atoms with Crippen LogP contribution >= 0.6 is 0 Å². The lowest BCUT2D eigenvalue weighted by Gasteiger charge is -2.12. The molecule has 1 heterocycles. The number of oxazole rings is 1. The predicted molar refractivity (Wildman–Crippen MR) is 121 cm³/mol. The molecule has 0 aliphatic rings. The van der Waals surface area contributed by atoms with Gasteiger partial charge in [0.2, 0.25) is 5.89 Å². The van der Waals surface area contributed by atoms with E-state index in [0.29, 0.717) is 39.6 Å². The number of anilines is 1. The highest BCUT2D eigenvalue weighted by atomic mass is 16.5. The fourth-order valence-corrected chi connectivity index (χ4v) is 3.25. The largest absolute Gasteiger partial charge is 0.481 e. The van der Waals surface area contributed by atoms with Gasteiger partial charge >= 0.3 is 5.97 Å². The summed E-state index contributed by atoms with van der Waals surface area (Å²) in [4.78, 5) is 28.2. The summed E-state index contributed by atoms with van der Waals surface area (Å²) in [6, 6.07) is 19.6. The molecule has 0 bridgehead atoms. The molecule has 1 amide bonds. The SMILES string of the molecule is CC(C)c1ccc(C(=O)Nc2ccc(OCC(=O)O)c(-c3nc4ccccc4o3)c2)cc1. The third kappa shape index (κ3) is 4.62. The van der Waals surface area contributed by atoms with Gasteiger partial charge in [-0.15, -0.1) is 0 Å². The molecular formula is C25H22N2O5. The zero-order chi connectivity index (χ0) is 22.7. The number of fused-ring (bicyclic) bond motifs is 1. The molecule has 4 rings (SSSR count). The predicted octanol–water partition coefficient (Wildman–Crippen LogP) is 5.33. The van der Waals surface area contributed by atoms with Crippen LogP contribution in [0, 0.1) is 0 Å². The smallest absolute Gasteiger partial charge is 0.341 e. The minimum atomic E-state index is -1.10. The Labute approximate surface area is 184 Å². The van der Waals surface area contributed by atoms with Gasteiger partial charge in [0, 0.05) is 11.3 Å². The van der Waals surface area contributed by atoms with E-state index in [1.54, 1.807) is 36.4 Å². The van der Waals surface area contributed by atoms with E-state index in [1.807, 2.05) is 30.3 Å². The lowest BCUT2D eigenvalue weighted by atomic mass is 10.0. The van der Waals surface area contributed by atoms with Crippen LogP contribution in [0.1, 0.15) is 35.7 Å². The topological polar surface area (TPSA) is 102 Å². The number of benzene rings is 3. The number of hydrogen-bond donors (Lipinski definition) is 2. The van der Waals surface area contributed by atoms with Crippen molar-refractivity contribution in [2.75, 3.05) is 11.9 Å². The lowest BCUT2D eigenvalue weighted by molar-refractivity contribution is -0.139. The van der Waals surface area contributed by atoms with Crippen LogP contribution in [0.3, 0.4) is 0 Å². The number of ether oxygens (including phenoxy) is 1. The molecule has 0 aliphatic carbocycles. The molecule has 0 atom stereocenters. The van der Waals surface area contributed by atoms with E-state index in [1.165, 1.54) is 0 Å². The van der Waals surface area contributed by atoms with E-state index in [9.17, 15) is 9.59 Å². The number of nitrogens with one attached hydrogen (secondary N) is 1. The van der Waals surface area contributed by atoms with Crippen molar-refractivity contribution in [1.82, 2.24) is 4.98 Å². The number of aromatic nitrogens is 1. The van der Waals surface area contributed by atoms with Gasteiger partial charge in [-0.1, -0.05) is 38.1 Å². The summed E-state index contributed by atoms with van der Waals surface area (Å²) in [6.07, 6.45) is 0. The quantitative estimate of drug-likeness (QED) is 0.411. The molecule has 4 aromatic rings. The van der Waals surface area contributed by atoms with Gasteiger partial charge in [0.1, 0.15) is 11.3 Å². The summed E-state index contributed by atoms with van der Waals surface area (Å²) in [5.41, 5.74) is 3.87. The fraction of sp³-hybridized carbons (Fsp3) is 0.160. The Morgan fingerprint density at radius 2 is 1.81 bits per heavy atom. The fourth-order valence-electron chi connectivity index (χ4n) is 3.25. The van der Waals surface area contributed by atoms with Crippen molar-refractivity contribution < 1.29 is 23.8 Å². The molecule has 0 saturated heterocycles. The standard InChI is InChI=1S/C25H22N2O5/c1-15(2)16-7-9-17(10-8-16)24(30)26-18-11-12-21(31-14-23(28)29)19(13-18)25-27-20-5-3-4-6-22(20)32-25/h3-13,15H,14H2,1-2H3,(H,26,30)(H,28,29). The molecule has 0 saturated carbocycles. The number of carbonyl (C=O) groups is 2. The number of carbonyl (C=O) groups excluding carboxylic acids is 1. The summed E-state index contributed by atoms with van der Waals surface area (Å²) in [7, 11) is 0. The summed E-state index contributed by atoms with van der Waals surface area (Å²) >= 11 is 0. The molecular weight excluding hydrogens is 408 g/mol. The highest BCUT2D eigenvalue weighted by molar-refractivity contribution is 6.04. The third-order valence-corrected chi connectivity index (χ3v) is 4.95. The zero-order valence-electron chi connectivity index (χ0n) is 17.7. The van der Waals surface area contributed by atoms with Crippen LogP contribution in [0.4, 0.5) is 5.69 Å². The Kier molecular flexibility index (Phi) is 5.89. The second kappa shape index (κ2) is 8.93. The average Bonchev–Trinajstić information content (AvgIpc) is 3.22. The van der Waals surface area contributed by atoms with Crippen molar-refractivity contribution >= 4 is 28.7 Å². The molecule has 0 spiro atoms. The van der Waals surface area contributed by atoms with Crippen molar-refractivity contribution in [3.63, 3.8) is 0 Å². The summed E-state index contributed by atoms with van der Waals surface area (Å²) in [5, 5.41) is 11.8. The molecule has 3 aromatic carbocycles. The Bertz CT molecular complexity index is 1240. The van der Waals surface area contributed by atoms with E-state index in [0.717, 1.165) is 5.56 Å². The molecule has 0 radical (unpaired) electrons. The van der Waals surface area contributed by atoms with Crippen LogP contribution in [0.2, 0.25) is 0 Å². The number of nitrogens with zero attached hydrogens (tertiary/aromatic N) is 1. The van der Waals surface area contributed by atoms with Crippen molar-refractivity contribution in [3.8, 4) is 17.2 Å². The Morgan fingerprint density at radius 3 is 2.50 bits per heavy atom. The molecule has 0 fully saturated rings. The normalized spacial score (nSPS) is 11.0. The van der Waals surface area contributed by atoms with Crippen LogP contribution in [0.5, 0.6) is 5.75 Å². The maximum atomic E-state index is 12.7. The molecule has 1 aromatic heterocycles. The first-order valence-electron chi connectivity index (χ1n) is 10.2. The second-order valence-electron chi connectivity index (χ2n) is 7.61. The number of carboxylic acid groups (broad SMARTS) is 1. The molecule has 0 aliphatic heterocycles. The Hall–Kier alpha value is -4.13. The van der Waals surface area contributed by atoms with Crippen molar-refractivity contribution in [2.45, 2.75) is 19.8 Å². The maximum Gasteiger partial charge on any atom is 0.341 e. The first-order chi connectivity index (χ1) is 15.4. The van der Waals surface area contributed by atoms with Gasteiger partial charge in [0.25, 0.3) is 5.91 Å². The van der Waals surface area contributed by atoms with Gasteiger partial charge in [-0.2, -0.15) is 0 Å². The van der Waals surface area contributed by atoms with E-state index < -0.39 is 12.6 Å². The molecule has 7 heteroatoms. The number of aliphatic carboxylic acids is 1. The van der Waals surface area contributed by atoms with E-state index >= 15 is 0 Å². The van der Waals surface area contributed by atoms with E-state index in [2.05, 4.69) is 24.1 Å². The van der Waals surface area contributed by atoms with Gasteiger partial charge in [-0.25, -0.2) is 9.78 Å². The van der Waals surface area contributed by atoms with Crippen LogP contribution in [0.15, 0.2) is 71.1 Å². The minimum Gasteiger partial charge on any atom is -0.481 e. The van der Waals surface area contributed by atoms with Crippen LogP contribution < -0.4 is 10.1 Å². The number of hydrogen-bond acceptors (Lipinski definition) is 5. The minimum absolute atomic E-state index is 0.261. The third-order valence-electron chi connectivity index (χ3n) is 4.95. The van der Waals surface area contributed by atoms with Crippen LogP contribution in [-0.2, 0) is 4.79 Å². The zero-order valence-corrected chi connectivity index (χ0v) is 17.7. The Balaban J connectivity index is 1.65. The molecule has 2 N–H and O–H groups in total. The van der Waals surface area contributed by atoms with Crippen molar-refractivity contribution in [2.24, 2.45) is 0 Å². The van der Waals surface area contributed by atoms with E-state index in [-0.39, 0.29) is 11.8 Å². The first-order valence-corrected chi connectivity index (χ1v) is 10.2. The van der Waals surface area contributed by atoms with Crippen molar-refractivity contribution in [3.05, 3.63) is 77.9 Å². The average molecular weight is 430 g/mol. The first kappa shape index (κ1) is 21.1. The van der Waals surface area contributed by atoms with Gasteiger partial charge in [0.05, 0.1) is 5.56 Å². The number of carboxylic acids is 1. The van der Waals surface area contributed by atoms with Gasteiger partial charge in [0.15, 0.2) is 12.2 Å². The molecule has 32 heavy (non-hydrogen) atoms. The van der Waals surface area contributed by atoms with Crippen LogP contribution in [-0.4, -0.2) is 28.6 Å².